The number of hydrogen-bond acceptors (Lipinski definition) is 4. The molecule has 7 heteroatoms. The average Bonchev–Trinajstić information content (AvgIpc) is 2.31. The second-order valence-electron chi connectivity index (χ2n) is 3.24. The third-order valence-electron chi connectivity index (χ3n) is 2.10. The number of nitrogens with zero attached hydrogens (tertiary/aromatic N) is 2. The minimum absolute atomic E-state index is 0.0116. The molecule has 1 rings (SSSR count). The van der Waals surface area contributed by atoms with Crippen LogP contribution in [0.2, 0.25) is 0 Å². The Morgan fingerprint density at radius 1 is 1.67 bits per heavy atom. The summed E-state index contributed by atoms with van der Waals surface area (Å²) < 4.78 is 30.4. The van der Waals surface area contributed by atoms with Crippen LogP contribution in [0.1, 0.15) is 30.2 Å². The van der Waals surface area contributed by atoms with Gasteiger partial charge in [-0.2, -0.15) is 5.26 Å². The molecule has 1 aromatic rings. The van der Waals surface area contributed by atoms with Crippen molar-refractivity contribution in [1.82, 2.24) is 4.98 Å². The zero-order valence-corrected chi connectivity index (χ0v) is 11.0. The van der Waals surface area contributed by atoms with Gasteiger partial charge in [-0.15, -0.1) is 0 Å². The van der Waals surface area contributed by atoms with Gasteiger partial charge in [0.15, 0.2) is 0 Å². The van der Waals surface area contributed by atoms with Crippen LogP contribution in [0.5, 0.6) is 0 Å². The van der Waals surface area contributed by atoms with E-state index in [0.717, 1.165) is 6.20 Å². The van der Waals surface area contributed by atoms with Crippen molar-refractivity contribution in [2.24, 2.45) is 0 Å². The Balaban J connectivity index is 3.20. The monoisotopic (exact) mass is 318 g/mol. The zero-order valence-electron chi connectivity index (χ0n) is 9.41. The molecule has 0 aliphatic rings. The topological polar surface area (TPSA) is 63.0 Å². The van der Waals surface area contributed by atoms with Gasteiger partial charge in [-0.25, -0.2) is 8.78 Å². The maximum absolute atomic E-state index is 12.8. The van der Waals surface area contributed by atoms with Gasteiger partial charge in [-0.05, 0) is 22.9 Å². The molecule has 0 radical (unpaired) electrons. The second kappa shape index (κ2) is 6.40. The first-order chi connectivity index (χ1) is 8.51. The molecule has 0 fully saturated rings. The molecule has 0 spiro atoms. The number of rotatable bonds is 4. The fourth-order valence-corrected chi connectivity index (χ4v) is 1.87. The van der Waals surface area contributed by atoms with Crippen molar-refractivity contribution in [2.75, 3.05) is 6.61 Å². The number of hydrogen-bond donors (Lipinski definition) is 0. The Bertz CT molecular complexity index is 501. The molecule has 1 heterocycles. The fourth-order valence-electron chi connectivity index (χ4n) is 1.33. The Labute approximate surface area is 111 Å². The maximum Gasteiger partial charge on any atom is 0.310 e. The maximum atomic E-state index is 12.8. The molecular weight excluding hydrogens is 310 g/mol. The van der Waals surface area contributed by atoms with Crippen LogP contribution in [0.4, 0.5) is 8.78 Å². The fraction of sp³-hybridized carbons (Fsp3) is 0.364. The summed E-state index contributed by atoms with van der Waals surface area (Å²) in [5, 5.41) is 8.79. The standard InChI is InChI=1S/C11H9BrF2N2O2/c1-2-18-8(17)3-7-9(12)6(4-15)5-16-10(7)11(13)14/h5,11H,2-3H2,1H3. The molecule has 4 nitrogen and oxygen atoms in total. The van der Waals surface area contributed by atoms with Gasteiger partial charge in [0.2, 0.25) is 0 Å². The molecular formula is C11H9BrF2N2O2. The molecule has 0 unspecified atom stereocenters. The number of carbonyl (C=O) groups excluding carboxylic acids is 1. The molecule has 0 N–H and O–H groups in total. The first-order valence-electron chi connectivity index (χ1n) is 5.02. The summed E-state index contributed by atoms with van der Waals surface area (Å²) in [7, 11) is 0. The predicted molar refractivity (Wildman–Crippen MR) is 61.9 cm³/mol. The van der Waals surface area contributed by atoms with Crippen molar-refractivity contribution in [2.45, 2.75) is 19.8 Å². The lowest BCUT2D eigenvalue weighted by molar-refractivity contribution is -0.142. The van der Waals surface area contributed by atoms with Crippen LogP contribution in [0, 0.1) is 11.3 Å². The van der Waals surface area contributed by atoms with Crippen LogP contribution in [0.15, 0.2) is 10.7 Å². The van der Waals surface area contributed by atoms with Crippen LogP contribution < -0.4 is 0 Å². The summed E-state index contributed by atoms with van der Waals surface area (Å²) >= 11 is 3.04. The highest BCUT2D eigenvalue weighted by atomic mass is 79.9. The van der Waals surface area contributed by atoms with Crippen LogP contribution >= 0.6 is 15.9 Å². The minimum atomic E-state index is -2.82. The van der Waals surface area contributed by atoms with E-state index in [-0.39, 0.29) is 28.6 Å². The summed E-state index contributed by atoms with van der Waals surface area (Å²) in [4.78, 5) is 14.9. The molecule has 0 aromatic carbocycles. The molecule has 0 bridgehead atoms. The zero-order chi connectivity index (χ0) is 13.7. The number of alkyl halides is 2. The number of pyridine rings is 1. The lowest BCUT2D eigenvalue weighted by Crippen LogP contribution is -2.12. The van der Waals surface area contributed by atoms with Gasteiger partial charge >= 0.3 is 5.97 Å². The molecule has 18 heavy (non-hydrogen) atoms. The summed E-state index contributed by atoms with van der Waals surface area (Å²) in [5.74, 6) is -0.642. The van der Waals surface area contributed by atoms with E-state index in [1.807, 2.05) is 0 Å². The Kier molecular flexibility index (Phi) is 5.16. The van der Waals surface area contributed by atoms with Crippen molar-refractivity contribution in [3.05, 3.63) is 27.5 Å². The van der Waals surface area contributed by atoms with Crippen molar-refractivity contribution < 1.29 is 18.3 Å². The van der Waals surface area contributed by atoms with Gasteiger partial charge in [0, 0.05) is 16.2 Å². The van der Waals surface area contributed by atoms with Gasteiger partial charge < -0.3 is 4.74 Å². The highest BCUT2D eigenvalue weighted by molar-refractivity contribution is 9.10. The van der Waals surface area contributed by atoms with E-state index < -0.39 is 18.1 Å². The highest BCUT2D eigenvalue weighted by Crippen LogP contribution is 2.29. The lowest BCUT2D eigenvalue weighted by Gasteiger charge is -2.10. The van der Waals surface area contributed by atoms with E-state index in [0.29, 0.717) is 0 Å². The number of ether oxygens (including phenoxy) is 1. The van der Waals surface area contributed by atoms with E-state index in [4.69, 9.17) is 10.00 Å². The first kappa shape index (κ1) is 14.5. The molecule has 0 aliphatic carbocycles. The summed E-state index contributed by atoms with van der Waals surface area (Å²) in [6.45, 7) is 1.77. The SMILES string of the molecule is CCOC(=O)Cc1c(C(F)F)ncc(C#N)c1Br. The van der Waals surface area contributed by atoms with E-state index in [2.05, 4.69) is 20.9 Å². The number of nitriles is 1. The van der Waals surface area contributed by atoms with E-state index >= 15 is 0 Å². The molecule has 0 aliphatic heterocycles. The third kappa shape index (κ3) is 3.23. The van der Waals surface area contributed by atoms with Gasteiger partial charge in [0.25, 0.3) is 6.43 Å². The Hall–Kier alpha value is -1.55. The normalized spacial score (nSPS) is 10.2. The average molecular weight is 319 g/mol. The number of halogens is 3. The summed E-state index contributed by atoms with van der Waals surface area (Å²) in [6.07, 6.45) is -2.13. The largest absolute Gasteiger partial charge is 0.466 e. The molecule has 0 amide bonds. The minimum Gasteiger partial charge on any atom is -0.466 e. The van der Waals surface area contributed by atoms with Crippen molar-refractivity contribution in [3.8, 4) is 6.07 Å². The molecule has 0 saturated carbocycles. The van der Waals surface area contributed by atoms with Crippen LogP contribution in [-0.4, -0.2) is 17.6 Å². The van der Waals surface area contributed by atoms with E-state index in [9.17, 15) is 13.6 Å². The van der Waals surface area contributed by atoms with Crippen LogP contribution in [-0.2, 0) is 16.0 Å². The van der Waals surface area contributed by atoms with Gasteiger partial charge in [-0.1, -0.05) is 0 Å². The second-order valence-corrected chi connectivity index (χ2v) is 4.04. The summed E-state index contributed by atoms with van der Waals surface area (Å²) in [5.41, 5.74) is -0.435. The van der Waals surface area contributed by atoms with E-state index in [1.54, 1.807) is 13.0 Å². The van der Waals surface area contributed by atoms with E-state index in [1.165, 1.54) is 0 Å². The predicted octanol–water partition coefficient (Wildman–Crippen LogP) is 2.76. The Morgan fingerprint density at radius 3 is 2.83 bits per heavy atom. The molecule has 96 valence electrons. The van der Waals surface area contributed by atoms with Crippen molar-refractivity contribution >= 4 is 21.9 Å². The third-order valence-corrected chi connectivity index (χ3v) is 3.00. The summed E-state index contributed by atoms with van der Waals surface area (Å²) in [6, 6.07) is 1.80. The molecule has 0 atom stereocenters. The number of aromatic nitrogens is 1. The molecule has 1 aromatic heterocycles. The lowest BCUT2D eigenvalue weighted by atomic mass is 10.1. The van der Waals surface area contributed by atoms with Gasteiger partial charge in [0.05, 0.1) is 18.6 Å². The quantitative estimate of drug-likeness (QED) is 0.801. The highest BCUT2D eigenvalue weighted by Gasteiger charge is 2.22. The van der Waals surface area contributed by atoms with Gasteiger partial charge in [-0.3, -0.25) is 9.78 Å². The van der Waals surface area contributed by atoms with Crippen molar-refractivity contribution in [1.29, 1.82) is 5.26 Å². The Morgan fingerprint density at radius 2 is 2.33 bits per heavy atom. The van der Waals surface area contributed by atoms with Crippen LogP contribution in [0.25, 0.3) is 0 Å². The molecule has 0 saturated heterocycles. The number of carbonyl (C=O) groups is 1. The van der Waals surface area contributed by atoms with Crippen LogP contribution in [0.3, 0.4) is 0 Å². The first-order valence-corrected chi connectivity index (χ1v) is 5.81. The smallest absolute Gasteiger partial charge is 0.310 e. The number of esters is 1. The van der Waals surface area contributed by atoms with Gasteiger partial charge in [0.1, 0.15) is 11.8 Å². The van der Waals surface area contributed by atoms with Crippen molar-refractivity contribution in [3.63, 3.8) is 0 Å².